The molecule has 2 rings (SSSR count). The van der Waals surface area contributed by atoms with Gasteiger partial charge in [0.2, 0.25) is 5.91 Å². The van der Waals surface area contributed by atoms with E-state index in [4.69, 9.17) is 16.3 Å². The summed E-state index contributed by atoms with van der Waals surface area (Å²) in [5, 5.41) is 15.5. The molecular formula is C17H24ClN3O4. The van der Waals surface area contributed by atoms with Crippen molar-refractivity contribution in [3.8, 4) is 0 Å². The van der Waals surface area contributed by atoms with E-state index in [1.807, 2.05) is 0 Å². The molecular weight excluding hydrogens is 346 g/mol. The SMILES string of the molecule is O=C(C[C@H](NCCCN1CCOCC1)C(=O)O)Nc1ccc(Cl)cc1. The lowest BCUT2D eigenvalue weighted by Crippen LogP contribution is -2.42. The van der Waals surface area contributed by atoms with Crippen molar-refractivity contribution in [2.24, 2.45) is 0 Å². The second-order valence-electron chi connectivity index (χ2n) is 5.91. The van der Waals surface area contributed by atoms with Gasteiger partial charge in [-0.15, -0.1) is 0 Å². The monoisotopic (exact) mass is 369 g/mol. The van der Waals surface area contributed by atoms with Gasteiger partial charge in [0.05, 0.1) is 19.6 Å². The summed E-state index contributed by atoms with van der Waals surface area (Å²) in [4.78, 5) is 25.6. The molecule has 1 aliphatic rings. The van der Waals surface area contributed by atoms with E-state index >= 15 is 0 Å². The Bertz CT molecular complexity index is 562. The molecule has 1 heterocycles. The molecule has 1 amide bonds. The number of benzene rings is 1. The number of aliphatic carboxylic acids is 1. The van der Waals surface area contributed by atoms with Gasteiger partial charge in [0.1, 0.15) is 6.04 Å². The topological polar surface area (TPSA) is 90.9 Å². The van der Waals surface area contributed by atoms with Crippen LogP contribution in [-0.4, -0.2) is 67.3 Å². The molecule has 25 heavy (non-hydrogen) atoms. The fraction of sp³-hybridized carbons (Fsp3) is 0.529. The maximum atomic E-state index is 12.0. The number of anilines is 1. The molecule has 138 valence electrons. The molecule has 0 spiro atoms. The second-order valence-corrected chi connectivity index (χ2v) is 6.35. The highest BCUT2D eigenvalue weighted by Crippen LogP contribution is 2.13. The molecule has 0 bridgehead atoms. The number of carboxylic acid groups (broad SMARTS) is 1. The summed E-state index contributed by atoms with van der Waals surface area (Å²) in [7, 11) is 0. The first-order valence-electron chi connectivity index (χ1n) is 8.36. The number of halogens is 1. The van der Waals surface area contributed by atoms with E-state index < -0.39 is 12.0 Å². The van der Waals surface area contributed by atoms with Gasteiger partial charge in [0, 0.05) is 23.8 Å². The van der Waals surface area contributed by atoms with E-state index in [0.29, 0.717) is 17.3 Å². The Morgan fingerprint density at radius 3 is 2.56 bits per heavy atom. The molecule has 0 aliphatic carbocycles. The first kappa shape index (κ1) is 19.7. The number of hydrogen-bond donors (Lipinski definition) is 3. The molecule has 0 aromatic heterocycles. The van der Waals surface area contributed by atoms with Crippen LogP contribution in [0.2, 0.25) is 5.02 Å². The maximum absolute atomic E-state index is 12.0. The molecule has 7 nitrogen and oxygen atoms in total. The molecule has 1 aromatic rings. The zero-order chi connectivity index (χ0) is 18.1. The maximum Gasteiger partial charge on any atom is 0.321 e. The Labute approximate surface area is 152 Å². The lowest BCUT2D eigenvalue weighted by atomic mass is 10.2. The average Bonchev–Trinajstić information content (AvgIpc) is 2.60. The summed E-state index contributed by atoms with van der Waals surface area (Å²) in [6, 6.07) is 5.76. The Hall–Kier alpha value is -1.67. The van der Waals surface area contributed by atoms with Crippen molar-refractivity contribution in [1.82, 2.24) is 10.2 Å². The van der Waals surface area contributed by atoms with E-state index in [9.17, 15) is 14.7 Å². The third-order valence-electron chi connectivity index (χ3n) is 3.96. The van der Waals surface area contributed by atoms with Crippen LogP contribution in [0.15, 0.2) is 24.3 Å². The molecule has 3 N–H and O–H groups in total. The molecule has 0 radical (unpaired) electrons. The van der Waals surface area contributed by atoms with Crippen molar-refractivity contribution in [3.63, 3.8) is 0 Å². The third kappa shape index (κ3) is 7.39. The van der Waals surface area contributed by atoms with E-state index in [2.05, 4.69) is 15.5 Å². The molecule has 1 fully saturated rings. The first-order chi connectivity index (χ1) is 12.0. The predicted molar refractivity (Wildman–Crippen MR) is 96.0 cm³/mol. The number of rotatable bonds is 9. The number of hydrogen-bond acceptors (Lipinski definition) is 5. The van der Waals surface area contributed by atoms with Crippen molar-refractivity contribution in [1.29, 1.82) is 0 Å². The van der Waals surface area contributed by atoms with Crippen molar-refractivity contribution in [2.75, 3.05) is 44.7 Å². The lowest BCUT2D eigenvalue weighted by molar-refractivity contribution is -0.141. The Morgan fingerprint density at radius 1 is 1.24 bits per heavy atom. The zero-order valence-electron chi connectivity index (χ0n) is 14.0. The highest BCUT2D eigenvalue weighted by atomic mass is 35.5. The minimum atomic E-state index is -1.03. The number of nitrogens with zero attached hydrogens (tertiary/aromatic N) is 1. The molecule has 1 atom stereocenters. The Morgan fingerprint density at radius 2 is 1.92 bits per heavy atom. The Kier molecular flexibility index (Phi) is 8.14. The van der Waals surface area contributed by atoms with E-state index in [1.165, 1.54) is 0 Å². The number of morpholine rings is 1. The van der Waals surface area contributed by atoms with Crippen LogP contribution in [0, 0.1) is 0 Å². The number of carbonyl (C=O) groups is 2. The highest BCUT2D eigenvalue weighted by Gasteiger charge is 2.20. The van der Waals surface area contributed by atoms with Crippen molar-refractivity contribution in [2.45, 2.75) is 18.9 Å². The van der Waals surface area contributed by atoms with E-state index in [-0.39, 0.29) is 12.3 Å². The number of amides is 1. The molecule has 0 saturated carbocycles. The van der Waals surface area contributed by atoms with Crippen LogP contribution in [0.3, 0.4) is 0 Å². The van der Waals surface area contributed by atoms with Gasteiger partial charge < -0.3 is 20.5 Å². The molecule has 1 aliphatic heterocycles. The van der Waals surface area contributed by atoms with Crippen LogP contribution in [-0.2, 0) is 14.3 Å². The largest absolute Gasteiger partial charge is 0.480 e. The van der Waals surface area contributed by atoms with Crippen molar-refractivity contribution < 1.29 is 19.4 Å². The van der Waals surface area contributed by atoms with Gasteiger partial charge in [0.15, 0.2) is 0 Å². The van der Waals surface area contributed by atoms with Gasteiger partial charge in [0.25, 0.3) is 0 Å². The quantitative estimate of drug-likeness (QED) is 0.570. The number of carboxylic acids is 1. The van der Waals surface area contributed by atoms with Gasteiger partial charge in [-0.25, -0.2) is 0 Å². The van der Waals surface area contributed by atoms with Crippen LogP contribution in [0.4, 0.5) is 5.69 Å². The zero-order valence-corrected chi connectivity index (χ0v) is 14.8. The van der Waals surface area contributed by atoms with Gasteiger partial charge >= 0.3 is 5.97 Å². The third-order valence-corrected chi connectivity index (χ3v) is 4.21. The molecule has 8 heteroatoms. The van der Waals surface area contributed by atoms with Crippen molar-refractivity contribution >= 4 is 29.2 Å². The smallest absolute Gasteiger partial charge is 0.321 e. The second kappa shape index (κ2) is 10.4. The molecule has 0 unspecified atom stereocenters. The van der Waals surface area contributed by atoms with Gasteiger partial charge in [-0.2, -0.15) is 0 Å². The van der Waals surface area contributed by atoms with Gasteiger partial charge in [-0.1, -0.05) is 11.6 Å². The minimum Gasteiger partial charge on any atom is -0.480 e. The van der Waals surface area contributed by atoms with E-state index in [0.717, 1.165) is 39.3 Å². The number of nitrogens with one attached hydrogen (secondary N) is 2. The predicted octanol–water partition coefficient (Wildman–Crippen LogP) is 1.43. The Balaban J connectivity index is 1.70. The summed E-state index contributed by atoms with van der Waals surface area (Å²) in [5.41, 5.74) is 0.589. The summed E-state index contributed by atoms with van der Waals surface area (Å²) in [5.74, 6) is -1.38. The standard InChI is InChI=1S/C17H24ClN3O4/c18-13-2-4-14(5-3-13)20-16(22)12-15(17(23)24)19-6-1-7-21-8-10-25-11-9-21/h2-5,15,19H,1,6-12H2,(H,20,22)(H,23,24)/t15-/m0/s1. The van der Waals surface area contributed by atoms with Crippen LogP contribution in [0.25, 0.3) is 0 Å². The molecule has 1 aromatic carbocycles. The summed E-state index contributed by atoms with van der Waals surface area (Å²) < 4.78 is 5.29. The van der Waals surface area contributed by atoms with E-state index in [1.54, 1.807) is 24.3 Å². The first-order valence-corrected chi connectivity index (χ1v) is 8.74. The van der Waals surface area contributed by atoms with Crippen LogP contribution in [0.5, 0.6) is 0 Å². The van der Waals surface area contributed by atoms with Gasteiger partial charge in [-0.05, 0) is 43.8 Å². The average molecular weight is 370 g/mol. The normalized spacial score (nSPS) is 16.4. The van der Waals surface area contributed by atoms with Crippen LogP contribution < -0.4 is 10.6 Å². The summed E-state index contributed by atoms with van der Waals surface area (Å²) in [6.45, 7) is 4.74. The van der Waals surface area contributed by atoms with Crippen molar-refractivity contribution in [3.05, 3.63) is 29.3 Å². The number of carbonyl (C=O) groups excluding carboxylic acids is 1. The highest BCUT2D eigenvalue weighted by molar-refractivity contribution is 6.30. The summed E-state index contributed by atoms with van der Waals surface area (Å²) >= 11 is 5.79. The summed E-state index contributed by atoms with van der Waals surface area (Å²) in [6.07, 6.45) is 0.693. The fourth-order valence-electron chi connectivity index (χ4n) is 2.58. The fourth-order valence-corrected chi connectivity index (χ4v) is 2.71. The van der Waals surface area contributed by atoms with Crippen LogP contribution >= 0.6 is 11.6 Å². The van der Waals surface area contributed by atoms with Crippen LogP contribution in [0.1, 0.15) is 12.8 Å². The molecule has 1 saturated heterocycles. The lowest BCUT2D eigenvalue weighted by Gasteiger charge is -2.26. The minimum absolute atomic E-state index is 0.129. The van der Waals surface area contributed by atoms with Gasteiger partial charge in [-0.3, -0.25) is 14.5 Å². The number of ether oxygens (including phenoxy) is 1.